The molecule has 0 unspecified atom stereocenters. The zero-order valence-electron chi connectivity index (χ0n) is 21.8. The minimum atomic E-state index is -0.433. The van der Waals surface area contributed by atoms with E-state index in [1.807, 2.05) is 74.9 Å². The van der Waals surface area contributed by atoms with E-state index >= 15 is 0 Å². The van der Waals surface area contributed by atoms with Gasteiger partial charge in [0, 0.05) is 41.2 Å². The van der Waals surface area contributed by atoms with Gasteiger partial charge in [0.2, 0.25) is 11.9 Å². The van der Waals surface area contributed by atoms with Crippen LogP contribution in [0.2, 0.25) is 5.02 Å². The number of benzene rings is 2. The van der Waals surface area contributed by atoms with Crippen molar-refractivity contribution in [2.75, 3.05) is 25.0 Å². The van der Waals surface area contributed by atoms with E-state index in [4.69, 9.17) is 21.3 Å². The number of imidazole rings is 1. The zero-order valence-corrected chi connectivity index (χ0v) is 22.5. The van der Waals surface area contributed by atoms with Crippen molar-refractivity contribution in [1.29, 1.82) is 0 Å². The molecule has 1 aromatic heterocycles. The Labute approximate surface area is 223 Å². The topological polar surface area (TPSA) is 88.5 Å². The molecule has 0 spiro atoms. The van der Waals surface area contributed by atoms with Crippen LogP contribution in [0.15, 0.2) is 54.7 Å². The van der Waals surface area contributed by atoms with E-state index in [-0.39, 0.29) is 24.6 Å². The van der Waals surface area contributed by atoms with Gasteiger partial charge in [-0.1, -0.05) is 41.4 Å². The second kappa shape index (κ2) is 11.4. The summed E-state index contributed by atoms with van der Waals surface area (Å²) >= 11 is 6.06. The van der Waals surface area contributed by atoms with Crippen LogP contribution in [0.4, 0.5) is 10.7 Å². The molecule has 196 valence electrons. The molecule has 1 aliphatic rings. The van der Waals surface area contributed by atoms with Gasteiger partial charge in [0.25, 0.3) is 0 Å². The first-order valence-corrected chi connectivity index (χ1v) is 12.9. The van der Waals surface area contributed by atoms with Gasteiger partial charge in [-0.25, -0.2) is 9.78 Å². The quantitative estimate of drug-likeness (QED) is 0.432. The van der Waals surface area contributed by atoms with Crippen molar-refractivity contribution in [2.45, 2.75) is 52.2 Å². The fraction of sp³-hybridized carbons (Fsp3) is 0.393. The van der Waals surface area contributed by atoms with Crippen LogP contribution in [0.1, 0.15) is 39.2 Å². The number of halogens is 1. The fourth-order valence-electron chi connectivity index (χ4n) is 4.12. The summed E-state index contributed by atoms with van der Waals surface area (Å²) in [6, 6.07) is 15.0. The summed E-state index contributed by atoms with van der Waals surface area (Å²) in [7, 11) is 0. The van der Waals surface area contributed by atoms with E-state index < -0.39 is 5.54 Å². The Kier molecular flexibility index (Phi) is 8.19. The van der Waals surface area contributed by atoms with Crippen LogP contribution in [0.3, 0.4) is 0 Å². The SMILES string of the molecule is Cc1ccc(-n2cc(-c3ccc(Cl)cc3)nc2NC(=O)CN(C[C@@H]2CCCO2)C(=O)NC(C)(C)C)cc1. The van der Waals surface area contributed by atoms with Crippen molar-refractivity contribution in [3.05, 3.63) is 65.3 Å². The molecule has 37 heavy (non-hydrogen) atoms. The van der Waals surface area contributed by atoms with Crippen LogP contribution in [0.25, 0.3) is 16.9 Å². The van der Waals surface area contributed by atoms with Gasteiger partial charge in [0.15, 0.2) is 0 Å². The third-order valence-electron chi connectivity index (χ3n) is 5.96. The predicted octanol–water partition coefficient (Wildman–Crippen LogP) is 5.43. The molecule has 2 N–H and O–H groups in total. The van der Waals surface area contributed by atoms with E-state index in [0.717, 1.165) is 29.7 Å². The minimum absolute atomic E-state index is 0.0791. The zero-order chi connectivity index (χ0) is 26.6. The minimum Gasteiger partial charge on any atom is -0.376 e. The lowest BCUT2D eigenvalue weighted by molar-refractivity contribution is -0.117. The molecular formula is C28H34ClN5O3. The lowest BCUT2D eigenvalue weighted by Gasteiger charge is -2.29. The van der Waals surface area contributed by atoms with Gasteiger partial charge in [-0.05, 0) is 64.8 Å². The van der Waals surface area contributed by atoms with E-state index in [1.54, 1.807) is 12.1 Å². The number of hydrogen-bond acceptors (Lipinski definition) is 4. The molecule has 2 heterocycles. The molecule has 9 heteroatoms. The predicted molar refractivity (Wildman–Crippen MR) is 146 cm³/mol. The smallest absolute Gasteiger partial charge is 0.318 e. The Hall–Kier alpha value is -3.36. The molecule has 1 atom stereocenters. The Morgan fingerprint density at radius 2 is 1.84 bits per heavy atom. The largest absolute Gasteiger partial charge is 0.376 e. The molecule has 1 saturated heterocycles. The van der Waals surface area contributed by atoms with E-state index in [0.29, 0.717) is 29.8 Å². The highest BCUT2D eigenvalue weighted by Gasteiger charge is 2.27. The first-order chi connectivity index (χ1) is 17.6. The number of rotatable bonds is 7. The molecule has 3 amide bonds. The van der Waals surface area contributed by atoms with E-state index in [2.05, 4.69) is 10.6 Å². The molecule has 2 aromatic carbocycles. The maximum absolute atomic E-state index is 13.3. The van der Waals surface area contributed by atoms with Crippen molar-refractivity contribution in [3.8, 4) is 16.9 Å². The summed E-state index contributed by atoms with van der Waals surface area (Å²) in [5, 5.41) is 6.51. The highest BCUT2D eigenvalue weighted by Crippen LogP contribution is 2.26. The number of aromatic nitrogens is 2. The van der Waals surface area contributed by atoms with Crippen molar-refractivity contribution in [3.63, 3.8) is 0 Å². The number of carbonyl (C=O) groups is 2. The number of amides is 3. The van der Waals surface area contributed by atoms with Crippen LogP contribution in [-0.2, 0) is 9.53 Å². The van der Waals surface area contributed by atoms with Gasteiger partial charge in [0.1, 0.15) is 6.54 Å². The molecule has 0 saturated carbocycles. The molecule has 3 aromatic rings. The number of hydrogen-bond donors (Lipinski definition) is 2. The monoisotopic (exact) mass is 523 g/mol. The van der Waals surface area contributed by atoms with E-state index in [9.17, 15) is 9.59 Å². The number of urea groups is 1. The highest BCUT2D eigenvalue weighted by atomic mass is 35.5. The number of ether oxygens (including phenoxy) is 1. The van der Waals surface area contributed by atoms with Gasteiger partial charge in [-0.15, -0.1) is 0 Å². The first kappa shape index (κ1) is 26.7. The summed E-state index contributed by atoms with van der Waals surface area (Å²) in [6.07, 6.45) is 3.61. The third-order valence-corrected chi connectivity index (χ3v) is 6.21. The molecule has 1 fully saturated rings. The van der Waals surface area contributed by atoms with Gasteiger partial charge in [-0.3, -0.25) is 14.7 Å². The molecule has 0 radical (unpaired) electrons. The number of nitrogens with zero attached hydrogens (tertiary/aromatic N) is 3. The molecule has 0 bridgehead atoms. The highest BCUT2D eigenvalue weighted by molar-refractivity contribution is 6.30. The van der Waals surface area contributed by atoms with Crippen LogP contribution in [-0.4, -0.2) is 57.7 Å². The Balaban J connectivity index is 1.58. The van der Waals surface area contributed by atoms with Crippen LogP contribution in [0.5, 0.6) is 0 Å². The molecule has 1 aliphatic heterocycles. The average Bonchev–Trinajstić information content (AvgIpc) is 3.49. The summed E-state index contributed by atoms with van der Waals surface area (Å²) < 4.78 is 7.57. The second-order valence-electron chi connectivity index (χ2n) is 10.4. The summed E-state index contributed by atoms with van der Waals surface area (Å²) in [4.78, 5) is 32.5. The Morgan fingerprint density at radius 1 is 1.14 bits per heavy atom. The van der Waals surface area contributed by atoms with Crippen LogP contribution >= 0.6 is 11.6 Å². The van der Waals surface area contributed by atoms with Crippen molar-refractivity contribution >= 4 is 29.5 Å². The van der Waals surface area contributed by atoms with Gasteiger partial charge in [-0.2, -0.15) is 0 Å². The van der Waals surface area contributed by atoms with Crippen molar-refractivity contribution < 1.29 is 14.3 Å². The Morgan fingerprint density at radius 3 is 2.46 bits per heavy atom. The Bertz CT molecular complexity index is 1230. The maximum atomic E-state index is 13.3. The van der Waals surface area contributed by atoms with Crippen LogP contribution in [0, 0.1) is 6.92 Å². The number of carbonyl (C=O) groups excluding carboxylic acids is 2. The maximum Gasteiger partial charge on any atom is 0.318 e. The summed E-state index contributed by atoms with van der Waals surface area (Å²) in [5.41, 5.74) is 3.11. The van der Waals surface area contributed by atoms with Gasteiger partial charge >= 0.3 is 6.03 Å². The van der Waals surface area contributed by atoms with Gasteiger partial charge < -0.3 is 15.0 Å². The normalized spacial score (nSPS) is 15.4. The summed E-state index contributed by atoms with van der Waals surface area (Å²) in [6.45, 7) is 8.64. The van der Waals surface area contributed by atoms with E-state index in [1.165, 1.54) is 4.90 Å². The molecule has 0 aliphatic carbocycles. The second-order valence-corrected chi connectivity index (χ2v) is 10.8. The lowest BCUT2D eigenvalue weighted by Crippen LogP contribution is -2.52. The first-order valence-electron chi connectivity index (χ1n) is 12.5. The fourth-order valence-corrected chi connectivity index (χ4v) is 4.25. The molecule has 8 nitrogen and oxygen atoms in total. The van der Waals surface area contributed by atoms with Gasteiger partial charge in [0.05, 0.1) is 11.8 Å². The third kappa shape index (κ3) is 7.33. The standard InChI is InChI=1S/C28H34ClN5O3/c1-19-7-13-22(14-8-19)34-17-24(20-9-11-21(29)12-10-20)30-26(34)31-25(35)18-33(16-23-6-5-15-37-23)27(36)32-28(2,3)4/h7-14,17,23H,5-6,15-16,18H2,1-4H3,(H,32,36)(H,30,31,35)/t23-/m0/s1. The number of aryl methyl sites for hydroxylation is 1. The molecular weight excluding hydrogens is 490 g/mol. The number of anilines is 1. The van der Waals surface area contributed by atoms with Crippen molar-refractivity contribution in [2.24, 2.45) is 0 Å². The van der Waals surface area contributed by atoms with Crippen LogP contribution < -0.4 is 10.6 Å². The lowest BCUT2D eigenvalue weighted by atomic mass is 10.1. The average molecular weight is 524 g/mol. The number of nitrogens with one attached hydrogen (secondary N) is 2. The summed E-state index contributed by atoms with van der Waals surface area (Å²) in [5.74, 6) is 0.0239. The van der Waals surface area contributed by atoms with Crippen molar-refractivity contribution in [1.82, 2.24) is 19.8 Å². The molecule has 4 rings (SSSR count).